The van der Waals surface area contributed by atoms with E-state index in [2.05, 4.69) is 42.2 Å². The van der Waals surface area contributed by atoms with Crippen LogP contribution in [0.1, 0.15) is 69.9 Å². The van der Waals surface area contributed by atoms with Gasteiger partial charge in [-0.3, -0.25) is 9.69 Å². The Balaban J connectivity index is 2.00. The van der Waals surface area contributed by atoms with E-state index in [1.165, 1.54) is 24.8 Å². The molecule has 1 saturated heterocycles. The van der Waals surface area contributed by atoms with Crippen molar-refractivity contribution in [2.45, 2.75) is 69.9 Å². The third-order valence-electron chi connectivity index (χ3n) is 6.16. The number of amides is 1. The molecule has 1 amide bonds. The first-order valence-corrected chi connectivity index (χ1v) is 9.31. The van der Waals surface area contributed by atoms with Crippen molar-refractivity contribution in [1.82, 2.24) is 4.90 Å². The van der Waals surface area contributed by atoms with E-state index in [9.17, 15) is 4.79 Å². The molecule has 3 rings (SSSR count). The Morgan fingerprint density at radius 1 is 1.17 bits per heavy atom. The molecule has 2 N–H and O–H groups in total. The van der Waals surface area contributed by atoms with Crippen molar-refractivity contribution in [3.05, 3.63) is 35.9 Å². The van der Waals surface area contributed by atoms with Crippen LogP contribution in [0.4, 0.5) is 0 Å². The summed E-state index contributed by atoms with van der Waals surface area (Å²) in [6.45, 7) is 3.22. The Labute approximate surface area is 140 Å². The lowest BCUT2D eigenvalue weighted by Gasteiger charge is -2.53. The van der Waals surface area contributed by atoms with Gasteiger partial charge in [0.05, 0.1) is 0 Å². The van der Waals surface area contributed by atoms with Gasteiger partial charge >= 0.3 is 0 Å². The molecular formula is C20H30N2O. The molecule has 1 saturated carbocycles. The van der Waals surface area contributed by atoms with Crippen LogP contribution in [-0.2, 0) is 4.79 Å². The van der Waals surface area contributed by atoms with Crippen molar-refractivity contribution in [2.24, 2.45) is 11.7 Å². The van der Waals surface area contributed by atoms with Crippen LogP contribution in [0.15, 0.2) is 30.3 Å². The average Bonchev–Trinajstić information content (AvgIpc) is 2.62. The Bertz CT molecular complexity index is 530. The first-order valence-electron chi connectivity index (χ1n) is 9.31. The molecule has 2 fully saturated rings. The van der Waals surface area contributed by atoms with Crippen molar-refractivity contribution in [1.29, 1.82) is 0 Å². The number of primary amides is 1. The number of carbonyl (C=O) groups excluding carboxylic acids is 1. The fraction of sp³-hybridized carbons (Fsp3) is 0.650. The summed E-state index contributed by atoms with van der Waals surface area (Å²) >= 11 is 0. The molecule has 1 aromatic carbocycles. The summed E-state index contributed by atoms with van der Waals surface area (Å²) in [6.07, 6.45) is 9.02. The smallest absolute Gasteiger partial charge is 0.238 e. The van der Waals surface area contributed by atoms with E-state index in [0.29, 0.717) is 12.0 Å². The minimum atomic E-state index is -0.437. The van der Waals surface area contributed by atoms with E-state index in [4.69, 9.17) is 5.73 Å². The van der Waals surface area contributed by atoms with E-state index in [-0.39, 0.29) is 5.91 Å². The standard InChI is InChI=1S/C20H30N2O/c1-2-17-12-6-8-14-20(17,19(21)23)22-15-9-7-13-18(22)16-10-4-3-5-11-16/h3-5,10-11,17-18H,2,6-9,12-15H2,1H3,(H2,21,23). The second-order valence-electron chi connectivity index (χ2n) is 7.26. The molecule has 1 aromatic rings. The fourth-order valence-electron chi connectivity index (χ4n) is 5.04. The fourth-order valence-corrected chi connectivity index (χ4v) is 5.04. The molecule has 3 unspecified atom stereocenters. The Morgan fingerprint density at radius 3 is 2.61 bits per heavy atom. The highest BCUT2D eigenvalue weighted by Gasteiger charge is 2.51. The first kappa shape index (κ1) is 16.5. The molecule has 1 heterocycles. The van der Waals surface area contributed by atoms with Crippen LogP contribution in [0.2, 0.25) is 0 Å². The molecule has 23 heavy (non-hydrogen) atoms. The Kier molecular flexibility index (Phi) is 5.05. The second kappa shape index (κ2) is 7.04. The van der Waals surface area contributed by atoms with Gasteiger partial charge in [-0.15, -0.1) is 0 Å². The summed E-state index contributed by atoms with van der Waals surface area (Å²) in [5, 5.41) is 0. The molecule has 0 bridgehead atoms. The maximum absolute atomic E-state index is 12.7. The summed E-state index contributed by atoms with van der Waals surface area (Å²) in [4.78, 5) is 15.2. The van der Waals surface area contributed by atoms with Crippen LogP contribution in [-0.4, -0.2) is 22.9 Å². The number of piperidine rings is 1. The van der Waals surface area contributed by atoms with Crippen LogP contribution in [0.3, 0.4) is 0 Å². The second-order valence-corrected chi connectivity index (χ2v) is 7.26. The van der Waals surface area contributed by atoms with Crippen LogP contribution in [0.25, 0.3) is 0 Å². The predicted molar refractivity (Wildman–Crippen MR) is 93.9 cm³/mol. The van der Waals surface area contributed by atoms with E-state index >= 15 is 0 Å². The zero-order chi connectivity index (χ0) is 16.3. The van der Waals surface area contributed by atoms with Gasteiger partial charge in [0.25, 0.3) is 0 Å². The van der Waals surface area contributed by atoms with Gasteiger partial charge in [-0.2, -0.15) is 0 Å². The zero-order valence-corrected chi connectivity index (χ0v) is 14.3. The quantitative estimate of drug-likeness (QED) is 0.911. The first-order chi connectivity index (χ1) is 11.2. The van der Waals surface area contributed by atoms with Gasteiger partial charge in [-0.05, 0) is 43.7 Å². The highest BCUT2D eigenvalue weighted by Crippen LogP contribution is 2.46. The predicted octanol–water partition coefficient (Wildman–Crippen LogP) is 4.04. The number of hydrogen-bond donors (Lipinski definition) is 1. The lowest BCUT2D eigenvalue weighted by atomic mass is 9.68. The van der Waals surface area contributed by atoms with Gasteiger partial charge in [0.15, 0.2) is 0 Å². The largest absolute Gasteiger partial charge is 0.368 e. The van der Waals surface area contributed by atoms with Crippen molar-refractivity contribution in [2.75, 3.05) is 6.54 Å². The number of nitrogens with two attached hydrogens (primary N) is 1. The number of nitrogens with zero attached hydrogens (tertiary/aromatic N) is 1. The van der Waals surface area contributed by atoms with Crippen molar-refractivity contribution in [3.8, 4) is 0 Å². The average molecular weight is 314 g/mol. The summed E-state index contributed by atoms with van der Waals surface area (Å²) in [5.41, 5.74) is 6.96. The number of hydrogen-bond acceptors (Lipinski definition) is 2. The number of carbonyl (C=O) groups is 1. The Morgan fingerprint density at radius 2 is 1.91 bits per heavy atom. The van der Waals surface area contributed by atoms with Crippen LogP contribution in [0.5, 0.6) is 0 Å². The van der Waals surface area contributed by atoms with Gasteiger partial charge in [0.1, 0.15) is 5.54 Å². The lowest BCUT2D eigenvalue weighted by Crippen LogP contribution is -2.64. The van der Waals surface area contributed by atoms with Gasteiger partial charge in [0.2, 0.25) is 5.91 Å². The van der Waals surface area contributed by atoms with Crippen molar-refractivity contribution < 1.29 is 4.79 Å². The summed E-state index contributed by atoms with van der Waals surface area (Å²) in [7, 11) is 0. The summed E-state index contributed by atoms with van der Waals surface area (Å²) in [6, 6.07) is 11.0. The van der Waals surface area contributed by atoms with E-state index in [0.717, 1.165) is 38.6 Å². The molecule has 0 radical (unpaired) electrons. The molecule has 2 aliphatic rings. The molecule has 3 nitrogen and oxygen atoms in total. The number of rotatable bonds is 4. The van der Waals surface area contributed by atoms with E-state index in [1.54, 1.807) is 0 Å². The van der Waals surface area contributed by atoms with Crippen molar-refractivity contribution >= 4 is 5.91 Å². The number of benzene rings is 1. The molecule has 1 aliphatic carbocycles. The van der Waals surface area contributed by atoms with Crippen LogP contribution >= 0.6 is 0 Å². The Hall–Kier alpha value is -1.35. The van der Waals surface area contributed by atoms with Crippen LogP contribution < -0.4 is 5.73 Å². The minimum Gasteiger partial charge on any atom is -0.368 e. The van der Waals surface area contributed by atoms with Gasteiger partial charge in [0, 0.05) is 6.04 Å². The summed E-state index contributed by atoms with van der Waals surface area (Å²) < 4.78 is 0. The molecular weight excluding hydrogens is 284 g/mol. The third-order valence-corrected chi connectivity index (χ3v) is 6.16. The van der Waals surface area contributed by atoms with Gasteiger partial charge in [-0.25, -0.2) is 0 Å². The minimum absolute atomic E-state index is 0.0909. The molecule has 1 aliphatic heterocycles. The normalized spacial score (nSPS) is 32.6. The van der Waals surface area contributed by atoms with Gasteiger partial charge < -0.3 is 5.73 Å². The SMILES string of the molecule is CCC1CCCCC1(C(N)=O)N1CCCCC1c1ccccc1. The number of likely N-dealkylation sites (tertiary alicyclic amines) is 1. The monoisotopic (exact) mass is 314 g/mol. The third kappa shape index (κ3) is 2.91. The zero-order valence-electron chi connectivity index (χ0n) is 14.3. The van der Waals surface area contributed by atoms with Crippen LogP contribution in [0, 0.1) is 5.92 Å². The molecule has 3 heteroatoms. The molecule has 0 aromatic heterocycles. The van der Waals surface area contributed by atoms with E-state index < -0.39 is 5.54 Å². The lowest BCUT2D eigenvalue weighted by molar-refractivity contribution is -0.142. The highest BCUT2D eigenvalue weighted by atomic mass is 16.1. The topological polar surface area (TPSA) is 46.3 Å². The molecule has 126 valence electrons. The maximum atomic E-state index is 12.7. The summed E-state index contributed by atoms with van der Waals surface area (Å²) in [5.74, 6) is 0.310. The highest BCUT2D eigenvalue weighted by molar-refractivity contribution is 5.85. The maximum Gasteiger partial charge on any atom is 0.238 e. The molecule has 0 spiro atoms. The van der Waals surface area contributed by atoms with Gasteiger partial charge in [-0.1, -0.05) is 62.9 Å². The molecule has 3 atom stereocenters. The van der Waals surface area contributed by atoms with E-state index in [1.807, 2.05) is 0 Å². The van der Waals surface area contributed by atoms with Crippen molar-refractivity contribution in [3.63, 3.8) is 0 Å².